The number of rotatable bonds is 5. The number of benzene rings is 1. The lowest BCUT2D eigenvalue weighted by atomic mass is 10.1. The van der Waals surface area contributed by atoms with Crippen LogP contribution in [0.2, 0.25) is 0 Å². The number of aromatic nitrogens is 2. The lowest BCUT2D eigenvalue weighted by Crippen LogP contribution is -2.22. The molecule has 20 heavy (non-hydrogen) atoms. The fourth-order valence-electron chi connectivity index (χ4n) is 1.89. The Morgan fingerprint density at radius 2 is 2.40 bits per heavy atom. The van der Waals surface area contributed by atoms with E-state index in [-0.39, 0.29) is 17.3 Å². The quantitative estimate of drug-likeness (QED) is 0.664. The molecular formula is C13H13N5O2. The Hall–Kier alpha value is -2.88. The normalized spacial score (nSPS) is 11.6. The van der Waals surface area contributed by atoms with Crippen LogP contribution < -0.4 is 5.32 Å². The van der Waals surface area contributed by atoms with E-state index < -0.39 is 4.92 Å². The van der Waals surface area contributed by atoms with Crippen LogP contribution in [-0.2, 0) is 6.54 Å². The zero-order chi connectivity index (χ0) is 14.5. The number of nitro benzene ring substituents is 1. The highest BCUT2D eigenvalue weighted by Gasteiger charge is 2.15. The Kier molecular flexibility index (Phi) is 3.96. The van der Waals surface area contributed by atoms with E-state index in [1.807, 2.05) is 25.3 Å². The second-order valence-corrected chi connectivity index (χ2v) is 4.37. The number of anilines is 1. The minimum atomic E-state index is -0.554. The molecule has 1 unspecified atom stereocenters. The molecule has 0 aliphatic heterocycles. The standard InChI is InChI=1S/C13H13N5O2/c1-10(9-17-6-2-5-15-17)16-12-4-3-11(8-14)13(7-12)18(19)20/h2-7,10,16H,9H2,1H3. The van der Waals surface area contributed by atoms with Crippen LogP contribution in [0.25, 0.3) is 0 Å². The third-order valence-corrected chi connectivity index (χ3v) is 2.75. The van der Waals surface area contributed by atoms with Crippen molar-refractivity contribution in [3.05, 3.63) is 52.3 Å². The van der Waals surface area contributed by atoms with Gasteiger partial charge in [-0.05, 0) is 25.1 Å². The molecule has 2 rings (SSSR count). The Balaban J connectivity index is 2.11. The van der Waals surface area contributed by atoms with Crippen LogP contribution in [0.1, 0.15) is 12.5 Å². The van der Waals surface area contributed by atoms with Crippen molar-refractivity contribution >= 4 is 11.4 Å². The Labute approximate surface area is 115 Å². The smallest absolute Gasteiger partial charge is 0.289 e. The molecule has 1 atom stereocenters. The zero-order valence-electron chi connectivity index (χ0n) is 10.9. The molecule has 2 aromatic rings. The molecule has 0 radical (unpaired) electrons. The minimum Gasteiger partial charge on any atom is -0.381 e. The van der Waals surface area contributed by atoms with Crippen molar-refractivity contribution < 1.29 is 4.92 Å². The monoisotopic (exact) mass is 271 g/mol. The Bertz CT molecular complexity index is 645. The molecule has 0 saturated carbocycles. The van der Waals surface area contributed by atoms with Gasteiger partial charge in [0, 0.05) is 30.2 Å². The fraction of sp³-hybridized carbons (Fsp3) is 0.231. The van der Waals surface area contributed by atoms with E-state index in [0.29, 0.717) is 12.2 Å². The van der Waals surface area contributed by atoms with Gasteiger partial charge < -0.3 is 5.32 Å². The molecule has 7 nitrogen and oxygen atoms in total. The van der Waals surface area contributed by atoms with E-state index >= 15 is 0 Å². The number of hydrogen-bond donors (Lipinski definition) is 1. The average Bonchev–Trinajstić information content (AvgIpc) is 2.91. The second kappa shape index (κ2) is 5.84. The van der Waals surface area contributed by atoms with Crippen molar-refractivity contribution in [1.82, 2.24) is 9.78 Å². The lowest BCUT2D eigenvalue weighted by Gasteiger charge is -2.15. The molecule has 7 heteroatoms. The zero-order valence-corrected chi connectivity index (χ0v) is 10.9. The van der Waals surface area contributed by atoms with Crippen LogP contribution in [0.15, 0.2) is 36.7 Å². The topological polar surface area (TPSA) is 96.8 Å². The summed E-state index contributed by atoms with van der Waals surface area (Å²) in [6.07, 6.45) is 3.54. The van der Waals surface area contributed by atoms with Crippen molar-refractivity contribution in [3.63, 3.8) is 0 Å². The van der Waals surface area contributed by atoms with Gasteiger partial charge in [-0.2, -0.15) is 10.4 Å². The second-order valence-electron chi connectivity index (χ2n) is 4.37. The van der Waals surface area contributed by atoms with Gasteiger partial charge in [0.1, 0.15) is 11.6 Å². The van der Waals surface area contributed by atoms with Crippen molar-refractivity contribution in [2.24, 2.45) is 0 Å². The molecular weight excluding hydrogens is 258 g/mol. The number of nitro groups is 1. The molecule has 0 aliphatic rings. The van der Waals surface area contributed by atoms with Gasteiger partial charge in [0.15, 0.2) is 0 Å². The molecule has 0 spiro atoms. The van der Waals surface area contributed by atoms with Crippen LogP contribution >= 0.6 is 0 Å². The number of nitriles is 1. The van der Waals surface area contributed by atoms with E-state index in [2.05, 4.69) is 10.4 Å². The molecule has 0 bridgehead atoms. The SMILES string of the molecule is CC(Cn1cccn1)Nc1ccc(C#N)c([N+](=O)[O-])c1. The molecule has 0 aliphatic carbocycles. The van der Waals surface area contributed by atoms with Gasteiger partial charge in [-0.25, -0.2) is 0 Å². The first kappa shape index (κ1) is 13.5. The van der Waals surface area contributed by atoms with Crippen molar-refractivity contribution in [3.8, 4) is 6.07 Å². The third kappa shape index (κ3) is 3.11. The van der Waals surface area contributed by atoms with Gasteiger partial charge in [-0.1, -0.05) is 0 Å². The lowest BCUT2D eigenvalue weighted by molar-refractivity contribution is -0.385. The van der Waals surface area contributed by atoms with E-state index in [9.17, 15) is 10.1 Å². The van der Waals surface area contributed by atoms with Crippen LogP contribution in [0.4, 0.5) is 11.4 Å². The number of nitrogens with zero attached hydrogens (tertiary/aromatic N) is 4. The van der Waals surface area contributed by atoms with E-state index in [1.54, 1.807) is 16.9 Å². The van der Waals surface area contributed by atoms with Gasteiger partial charge in [-0.15, -0.1) is 0 Å². The van der Waals surface area contributed by atoms with Crippen molar-refractivity contribution in [1.29, 1.82) is 5.26 Å². The van der Waals surface area contributed by atoms with E-state index in [0.717, 1.165) is 0 Å². The average molecular weight is 271 g/mol. The molecule has 0 saturated heterocycles. The van der Waals surface area contributed by atoms with Gasteiger partial charge in [0.2, 0.25) is 0 Å². The molecule has 102 valence electrons. The fourth-order valence-corrected chi connectivity index (χ4v) is 1.89. The molecule has 1 aromatic heterocycles. The molecule has 1 N–H and O–H groups in total. The van der Waals surface area contributed by atoms with E-state index in [1.165, 1.54) is 12.1 Å². The van der Waals surface area contributed by atoms with Crippen LogP contribution in [0, 0.1) is 21.4 Å². The summed E-state index contributed by atoms with van der Waals surface area (Å²) in [4.78, 5) is 10.3. The third-order valence-electron chi connectivity index (χ3n) is 2.75. The minimum absolute atomic E-state index is 0.0439. The summed E-state index contributed by atoms with van der Waals surface area (Å²) in [5.74, 6) is 0. The highest BCUT2D eigenvalue weighted by atomic mass is 16.6. The maximum atomic E-state index is 10.9. The summed E-state index contributed by atoms with van der Waals surface area (Å²) in [6.45, 7) is 2.59. The highest BCUT2D eigenvalue weighted by Crippen LogP contribution is 2.23. The Morgan fingerprint density at radius 1 is 1.60 bits per heavy atom. The predicted molar refractivity (Wildman–Crippen MR) is 73.1 cm³/mol. The van der Waals surface area contributed by atoms with Gasteiger partial charge >= 0.3 is 0 Å². The van der Waals surface area contributed by atoms with Gasteiger partial charge in [-0.3, -0.25) is 14.8 Å². The predicted octanol–water partition coefficient (Wildman–Crippen LogP) is 2.16. The molecule has 1 heterocycles. The number of nitrogens with one attached hydrogen (secondary N) is 1. The van der Waals surface area contributed by atoms with Crippen molar-refractivity contribution in [2.75, 3.05) is 5.32 Å². The summed E-state index contributed by atoms with van der Waals surface area (Å²) in [7, 11) is 0. The largest absolute Gasteiger partial charge is 0.381 e. The van der Waals surface area contributed by atoms with Crippen LogP contribution in [0.5, 0.6) is 0 Å². The molecule has 0 fully saturated rings. The van der Waals surface area contributed by atoms with Crippen LogP contribution in [0.3, 0.4) is 0 Å². The van der Waals surface area contributed by atoms with Crippen LogP contribution in [-0.4, -0.2) is 20.7 Å². The first-order valence-corrected chi connectivity index (χ1v) is 6.02. The summed E-state index contributed by atoms with van der Waals surface area (Å²) in [5, 5.41) is 27.0. The molecule has 0 amide bonds. The number of hydrogen-bond acceptors (Lipinski definition) is 5. The maximum absolute atomic E-state index is 10.9. The van der Waals surface area contributed by atoms with E-state index in [4.69, 9.17) is 5.26 Å². The first-order chi connectivity index (χ1) is 9.60. The first-order valence-electron chi connectivity index (χ1n) is 6.02. The summed E-state index contributed by atoms with van der Waals surface area (Å²) >= 11 is 0. The summed E-state index contributed by atoms with van der Waals surface area (Å²) in [5.41, 5.74) is 0.472. The Morgan fingerprint density at radius 3 is 3.00 bits per heavy atom. The summed E-state index contributed by atoms with van der Waals surface area (Å²) < 4.78 is 1.77. The van der Waals surface area contributed by atoms with Gasteiger partial charge in [0.25, 0.3) is 5.69 Å². The molecule has 1 aromatic carbocycles. The maximum Gasteiger partial charge on any atom is 0.289 e. The van der Waals surface area contributed by atoms with Gasteiger partial charge in [0.05, 0.1) is 11.5 Å². The summed E-state index contributed by atoms with van der Waals surface area (Å²) in [6, 6.07) is 8.16. The van der Waals surface area contributed by atoms with Crippen molar-refractivity contribution in [2.45, 2.75) is 19.5 Å². The highest BCUT2D eigenvalue weighted by molar-refractivity contribution is 5.59.